The number of rotatable bonds is 4. The van der Waals surface area contributed by atoms with E-state index >= 15 is 0 Å². The number of carboxylic acids is 1. The first-order valence-corrected chi connectivity index (χ1v) is 5.99. The third-order valence-electron chi connectivity index (χ3n) is 3.19. The number of aliphatic carboxylic acids is 1. The van der Waals surface area contributed by atoms with Crippen LogP contribution in [0.3, 0.4) is 0 Å². The molecule has 4 heteroatoms. The molecule has 1 aliphatic heterocycles. The van der Waals surface area contributed by atoms with Gasteiger partial charge in [0.2, 0.25) is 0 Å². The van der Waals surface area contributed by atoms with Crippen LogP contribution in [0.25, 0.3) is 0 Å². The van der Waals surface area contributed by atoms with Crippen molar-refractivity contribution >= 4 is 11.7 Å². The lowest BCUT2D eigenvalue weighted by Crippen LogP contribution is -2.18. The number of nitrogens with zero attached hydrogens (tertiary/aromatic N) is 1. The van der Waals surface area contributed by atoms with E-state index in [0.717, 1.165) is 18.7 Å². The van der Waals surface area contributed by atoms with E-state index in [1.54, 1.807) is 0 Å². The molecule has 0 unspecified atom stereocenters. The topological polar surface area (TPSA) is 66.6 Å². The number of benzene rings is 1. The Morgan fingerprint density at radius 3 is 2.41 bits per heavy atom. The summed E-state index contributed by atoms with van der Waals surface area (Å²) in [5.41, 5.74) is 7.89. The van der Waals surface area contributed by atoms with Gasteiger partial charge in [0, 0.05) is 24.8 Å². The molecule has 92 valence electrons. The molecule has 0 aromatic heterocycles. The largest absolute Gasteiger partial charge is 0.481 e. The van der Waals surface area contributed by atoms with Crippen LogP contribution in [-0.4, -0.2) is 24.2 Å². The van der Waals surface area contributed by atoms with E-state index in [1.165, 1.54) is 18.5 Å². The van der Waals surface area contributed by atoms with Gasteiger partial charge in [0.15, 0.2) is 0 Å². The van der Waals surface area contributed by atoms with Gasteiger partial charge in [-0.3, -0.25) is 4.79 Å². The number of carboxylic acid groups (broad SMARTS) is 1. The molecule has 0 amide bonds. The molecule has 0 spiro atoms. The van der Waals surface area contributed by atoms with Crippen LogP contribution in [0, 0.1) is 0 Å². The Morgan fingerprint density at radius 2 is 1.88 bits per heavy atom. The van der Waals surface area contributed by atoms with E-state index in [0.29, 0.717) is 0 Å². The van der Waals surface area contributed by atoms with Gasteiger partial charge in [0.25, 0.3) is 0 Å². The van der Waals surface area contributed by atoms with Gasteiger partial charge in [-0.05, 0) is 30.5 Å². The summed E-state index contributed by atoms with van der Waals surface area (Å²) < 4.78 is 0. The van der Waals surface area contributed by atoms with E-state index in [-0.39, 0.29) is 6.42 Å². The first-order chi connectivity index (χ1) is 8.16. The van der Waals surface area contributed by atoms with Gasteiger partial charge in [-0.15, -0.1) is 0 Å². The summed E-state index contributed by atoms with van der Waals surface area (Å²) in [6.07, 6.45) is 2.48. The molecular formula is C13H18N2O2. The van der Waals surface area contributed by atoms with Crippen LogP contribution in [0.2, 0.25) is 0 Å². The summed E-state index contributed by atoms with van der Waals surface area (Å²) >= 11 is 0. The normalized spacial score (nSPS) is 17.1. The molecule has 1 saturated heterocycles. The van der Waals surface area contributed by atoms with Gasteiger partial charge in [0.1, 0.15) is 0 Å². The highest BCUT2D eigenvalue weighted by molar-refractivity contribution is 5.68. The Kier molecular flexibility index (Phi) is 3.64. The molecule has 4 nitrogen and oxygen atoms in total. The SMILES string of the molecule is N[C@H](CC(=O)O)c1ccc(N2CCCC2)cc1. The predicted octanol–water partition coefficient (Wildman–Crippen LogP) is 1.76. The van der Waals surface area contributed by atoms with Gasteiger partial charge >= 0.3 is 5.97 Å². The quantitative estimate of drug-likeness (QED) is 0.833. The molecule has 0 radical (unpaired) electrons. The van der Waals surface area contributed by atoms with Crippen LogP contribution in [-0.2, 0) is 4.79 Å². The van der Waals surface area contributed by atoms with Crippen molar-refractivity contribution in [2.45, 2.75) is 25.3 Å². The van der Waals surface area contributed by atoms with E-state index in [2.05, 4.69) is 4.90 Å². The second kappa shape index (κ2) is 5.19. The fourth-order valence-corrected chi connectivity index (χ4v) is 2.21. The van der Waals surface area contributed by atoms with E-state index in [4.69, 9.17) is 10.8 Å². The van der Waals surface area contributed by atoms with E-state index in [1.807, 2.05) is 24.3 Å². The molecule has 1 aliphatic rings. The highest BCUT2D eigenvalue weighted by Crippen LogP contribution is 2.22. The smallest absolute Gasteiger partial charge is 0.305 e. The van der Waals surface area contributed by atoms with Crippen LogP contribution in [0.1, 0.15) is 30.9 Å². The summed E-state index contributed by atoms with van der Waals surface area (Å²) in [4.78, 5) is 12.9. The van der Waals surface area contributed by atoms with E-state index in [9.17, 15) is 4.79 Å². The van der Waals surface area contributed by atoms with Gasteiger partial charge in [-0.2, -0.15) is 0 Å². The van der Waals surface area contributed by atoms with E-state index < -0.39 is 12.0 Å². The number of hydrogen-bond acceptors (Lipinski definition) is 3. The molecule has 3 N–H and O–H groups in total. The van der Waals surface area contributed by atoms with Gasteiger partial charge in [0.05, 0.1) is 6.42 Å². The first kappa shape index (κ1) is 11.9. The average Bonchev–Trinajstić information content (AvgIpc) is 2.82. The van der Waals surface area contributed by atoms with Crippen molar-refractivity contribution < 1.29 is 9.90 Å². The van der Waals surface area contributed by atoms with Crippen molar-refractivity contribution in [3.8, 4) is 0 Å². The maximum Gasteiger partial charge on any atom is 0.305 e. The zero-order valence-electron chi connectivity index (χ0n) is 9.80. The average molecular weight is 234 g/mol. The zero-order valence-corrected chi connectivity index (χ0v) is 9.80. The van der Waals surface area contributed by atoms with Crippen LogP contribution in [0.4, 0.5) is 5.69 Å². The fraction of sp³-hybridized carbons (Fsp3) is 0.462. The molecule has 1 aromatic rings. The fourth-order valence-electron chi connectivity index (χ4n) is 2.21. The standard InChI is InChI=1S/C13H18N2O2/c14-12(9-13(16)17)10-3-5-11(6-4-10)15-7-1-2-8-15/h3-6,12H,1-2,7-9,14H2,(H,16,17)/t12-/m1/s1. The number of anilines is 1. The second-order valence-corrected chi connectivity index (χ2v) is 4.49. The molecule has 0 saturated carbocycles. The van der Waals surface area contributed by atoms with Crippen LogP contribution < -0.4 is 10.6 Å². The Hall–Kier alpha value is -1.55. The highest BCUT2D eigenvalue weighted by Gasteiger charge is 2.14. The van der Waals surface area contributed by atoms with Crippen molar-refractivity contribution in [3.63, 3.8) is 0 Å². The van der Waals surface area contributed by atoms with Crippen LogP contribution >= 0.6 is 0 Å². The lowest BCUT2D eigenvalue weighted by molar-refractivity contribution is -0.137. The lowest BCUT2D eigenvalue weighted by Gasteiger charge is -2.18. The third kappa shape index (κ3) is 2.97. The monoisotopic (exact) mass is 234 g/mol. The van der Waals surface area contributed by atoms with Gasteiger partial charge < -0.3 is 15.7 Å². The van der Waals surface area contributed by atoms with Gasteiger partial charge in [-0.1, -0.05) is 12.1 Å². The Bertz CT molecular complexity index is 383. The summed E-state index contributed by atoms with van der Waals surface area (Å²) in [5.74, 6) is -0.860. The van der Waals surface area contributed by atoms with Gasteiger partial charge in [-0.25, -0.2) is 0 Å². The van der Waals surface area contributed by atoms with Crippen molar-refractivity contribution in [2.24, 2.45) is 5.73 Å². The highest BCUT2D eigenvalue weighted by atomic mass is 16.4. The minimum atomic E-state index is -0.860. The number of hydrogen-bond donors (Lipinski definition) is 2. The summed E-state index contributed by atoms with van der Waals surface area (Å²) in [6, 6.07) is 7.51. The van der Waals surface area contributed by atoms with Crippen molar-refractivity contribution in [2.75, 3.05) is 18.0 Å². The van der Waals surface area contributed by atoms with Crippen molar-refractivity contribution in [1.29, 1.82) is 0 Å². The second-order valence-electron chi connectivity index (χ2n) is 4.49. The number of carbonyl (C=O) groups is 1. The lowest BCUT2D eigenvalue weighted by atomic mass is 10.0. The summed E-state index contributed by atoms with van der Waals surface area (Å²) in [5, 5.41) is 8.68. The molecule has 1 atom stereocenters. The minimum Gasteiger partial charge on any atom is -0.481 e. The maximum absolute atomic E-state index is 10.6. The Balaban J connectivity index is 2.04. The molecule has 17 heavy (non-hydrogen) atoms. The van der Waals surface area contributed by atoms with Crippen molar-refractivity contribution in [1.82, 2.24) is 0 Å². The molecule has 2 rings (SSSR count). The number of nitrogens with two attached hydrogens (primary N) is 1. The maximum atomic E-state index is 10.6. The third-order valence-corrected chi connectivity index (χ3v) is 3.19. The van der Waals surface area contributed by atoms with Crippen molar-refractivity contribution in [3.05, 3.63) is 29.8 Å². The molecule has 0 aliphatic carbocycles. The summed E-state index contributed by atoms with van der Waals surface area (Å²) in [7, 11) is 0. The summed E-state index contributed by atoms with van der Waals surface area (Å²) in [6.45, 7) is 2.22. The molecule has 1 aromatic carbocycles. The van der Waals surface area contributed by atoms with Crippen LogP contribution in [0.5, 0.6) is 0 Å². The molecule has 1 fully saturated rings. The molecule has 1 heterocycles. The Morgan fingerprint density at radius 1 is 1.29 bits per heavy atom. The Labute approximate surface area is 101 Å². The first-order valence-electron chi connectivity index (χ1n) is 5.99. The molecular weight excluding hydrogens is 216 g/mol. The molecule has 0 bridgehead atoms. The minimum absolute atomic E-state index is 0.0247. The predicted molar refractivity (Wildman–Crippen MR) is 67.1 cm³/mol. The zero-order chi connectivity index (χ0) is 12.3. The van der Waals surface area contributed by atoms with Crippen LogP contribution in [0.15, 0.2) is 24.3 Å².